The van der Waals surface area contributed by atoms with Crippen molar-refractivity contribution < 1.29 is 4.42 Å². The first-order valence-corrected chi connectivity index (χ1v) is 18.8. The molecule has 0 unspecified atom stereocenters. The highest BCUT2D eigenvalue weighted by molar-refractivity contribution is 6.29. The van der Waals surface area contributed by atoms with Crippen molar-refractivity contribution in [1.29, 1.82) is 0 Å². The van der Waals surface area contributed by atoms with Gasteiger partial charge in [-0.15, -0.1) is 0 Å². The molecule has 11 aromatic rings. The van der Waals surface area contributed by atoms with Crippen LogP contribution in [0, 0.1) is 0 Å². The van der Waals surface area contributed by atoms with E-state index in [0.717, 1.165) is 67.2 Å². The molecular formula is C52H34N2O. The van der Waals surface area contributed by atoms with Gasteiger partial charge in [-0.3, -0.25) is 0 Å². The van der Waals surface area contributed by atoms with E-state index in [1.54, 1.807) is 0 Å². The lowest BCUT2D eigenvalue weighted by atomic mass is 9.89. The molecule has 3 heteroatoms. The van der Waals surface area contributed by atoms with Gasteiger partial charge in [0, 0.05) is 55.2 Å². The van der Waals surface area contributed by atoms with Crippen LogP contribution in [0.5, 0.6) is 0 Å². The molecule has 0 atom stereocenters. The van der Waals surface area contributed by atoms with Crippen LogP contribution in [0.2, 0.25) is 0 Å². The van der Waals surface area contributed by atoms with E-state index in [9.17, 15) is 0 Å². The van der Waals surface area contributed by atoms with Crippen molar-refractivity contribution in [3.05, 3.63) is 206 Å². The molecule has 0 amide bonds. The number of furan rings is 1. The number of anilines is 6. The number of nitrogens with zero attached hydrogens (tertiary/aromatic N) is 2. The van der Waals surface area contributed by atoms with E-state index in [1.165, 1.54) is 32.3 Å². The second-order valence-electron chi connectivity index (χ2n) is 14.1. The van der Waals surface area contributed by atoms with Crippen LogP contribution in [-0.4, -0.2) is 0 Å². The normalized spacial score (nSPS) is 11.6. The highest BCUT2D eigenvalue weighted by Gasteiger charge is 2.25. The lowest BCUT2D eigenvalue weighted by molar-refractivity contribution is 0.670. The van der Waals surface area contributed by atoms with Gasteiger partial charge in [0.25, 0.3) is 0 Å². The maximum absolute atomic E-state index is 6.53. The van der Waals surface area contributed by atoms with Gasteiger partial charge in [-0.1, -0.05) is 133 Å². The monoisotopic (exact) mass is 702 g/mol. The van der Waals surface area contributed by atoms with E-state index in [2.05, 4.69) is 210 Å². The molecular weight excluding hydrogens is 669 g/mol. The van der Waals surface area contributed by atoms with Gasteiger partial charge >= 0.3 is 0 Å². The summed E-state index contributed by atoms with van der Waals surface area (Å²) in [5, 5.41) is 9.54. The Labute approximate surface area is 318 Å². The van der Waals surface area contributed by atoms with Crippen LogP contribution in [0.3, 0.4) is 0 Å². The predicted octanol–water partition coefficient (Wildman–Crippen LogP) is 15.1. The lowest BCUT2D eigenvalue weighted by Crippen LogP contribution is -2.14. The van der Waals surface area contributed by atoms with Crippen LogP contribution in [0.1, 0.15) is 0 Å². The number of rotatable bonds is 7. The molecule has 3 nitrogen and oxygen atoms in total. The van der Waals surface area contributed by atoms with Crippen molar-refractivity contribution in [3.63, 3.8) is 0 Å². The maximum Gasteiger partial charge on any atom is 0.143 e. The smallest absolute Gasteiger partial charge is 0.143 e. The zero-order chi connectivity index (χ0) is 36.3. The van der Waals surface area contributed by atoms with E-state index >= 15 is 0 Å². The third-order valence-electron chi connectivity index (χ3n) is 10.9. The van der Waals surface area contributed by atoms with Crippen LogP contribution in [0.4, 0.5) is 34.1 Å². The van der Waals surface area contributed by atoms with Crippen molar-refractivity contribution in [3.8, 4) is 11.1 Å². The number of benzene rings is 10. The van der Waals surface area contributed by atoms with Gasteiger partial charge in [-0.25, -0.2) is 0 Å². The summed E-state index contributed by atoms with van der Waals surface area (Å²) in [4.78, 5) is 4.80. The summed E-state index contributed by atoms with van der Waals surface area (Å²) in [6, 6.07) is 73.9. The predicted molar refractivity (Wildman–Crippen MR) is 232 cm³/mol. The number of hydrogen-bond acceptors (Lipinski definition) is 3. The second kappa shape index (κ2) is 12.6. The molecule has 0 fully saturated rings. The largest absolute Gasteiger partial charge is 0.455 e. The quantitative estimate of drug-likeness (QED) is 0.154. The van der Waals surface area contributed by atoms with E-state index < -0.39 is 0 Å². The van der Waals surface area contributed by atoms with Gasteiger partial charge in [-0.2, -0.15) is 0 Å². The molecule has 0 N–H and O–H groups in total. The van der Waals surface area contributed by atoms with Crippen LogP contribution >= 0.6 is 0 Å². The van der Waals surface area contributed by atoms with Crippen molar-refractivity contribution >= 4 is 88.4 Å². The molecule has 1 heterocycles. The topological polar surface area (TPSA) is 19.6 Å². The first-order valence-electron chi connectivity index (χ1n) is 18.8. The van der Waals surface area contributed by atoms with Crippen LogP contribution in [-0.2, 0) is 0 Å². The summed E-state index contributed by atoms with van der Waals surface area (Å²) in [6.45, 7) is 0. The fourth-order valence-electron chi connectivity index (χ4n) is 8.54. The average molecular weight is 703 g/mol. The Kier molecular flexibility index (Phi) is 7.17. The molecule has 0 saturated heterocycles. The highest BCUT2D eigenvalue weighted by Crippen LogP contribution is 2.50. The first kappa shape index (κ1) is 31.2. The van der Waals surface area contributed by atoms with Crippen molar-refractivity contribution in [2.45, 2.75) is 0 Å². The fourth-order valence-corrected chi connectivity index (χ4v) is 8.54. The Bertz CT molecular complexity index is 2910. The average Bonchev–Trinajstić information content (AvgIpc) is 3.64. The minimum absolute atomic E-state index is 0.908. The van der Waals surface area contributed by atoms with Crippen molar-refractivity contribution in [2.75, 3.05) is 9.80 Å². The van der Waals surface area contributed by atoms with Gasteiger partial charge in [-0.05, 0) is 94.5 Å². The summed E-state index contributed by atoms with van der Waals surface area (Å²) < 4.78 is 6.53. The molecule has 0 aliphatic carbocycles. The minimum Gasteiger partial charge on any atom is -0.455 e. The molecule has 0 spiro atoms. The Morgan fingerprint density at radius 1 is 0.327 bits per heavy atom. The zero-order valence-corrected chi connectivity index (χ0v) is 29.9. The Morgan fingerprint density at radius 3 is 1.29 bits per heavy atom. The maximum atomic E-state index is 6.53. The molecule has 0 bridgehead atoms. The third kappa shape index (κ3) is 5.05. The van der Waals surface area contributed by atoms with Gasteiger partial charge in [0.1, 0.15) is 11.2 Å². The molecule has 11 rings (SSSR count). The zero-order valence-electron chi connectivity index (χ0n) is 29.9. The standard InChI is InChI=1S/C52H34N2O/c1-5-16-38(17-6-1)53(39-18-7-2-8-19-39)47-34-48(54(40-20-9-3-10-21-40)41-22-11-4-12-23-41)46-31-29-36-33-37(32-35-28-30-45(47)51(46)50(35)36)42-25-15-26-44-43-24-13-14-27-49(43)55-52(42)44/h1-34H. The highest BCUT2D eigenvalue weighted by atomic mass is 16.3. The van der Waals surface area contributed by atoms with Crippen molar-refractivity contribution in [2.24, 2.45) is 0 Å². The summed E-state index contributed by atoms with van der Waals surface area (Å²) in [7, 11) is 0. The van der Waals surface area contributed by atoms with Gasteiger partial charge < -0.3 is 14.2 Å². The van der Waals surface area contributed by atoms with Crippen molar-refractivity contribution in [1.82, 2.24) is 0 Å². The molecule has 0 aliphatic heterocycles. The minimum atomic E-state index is 0.908. The summed E-state index contributed by atoms with van der Waals surface area (Å²) in [5.41, 5.74) is 10.7. The Hall–Kier alpha value is -7.36. The molecule has 0 saturated carbocycles. The fraction of sp³-hybridized carbons (Fsp3) is 0. The van der Waals surface area contributed by atoms with Crippen LogP contribution in [0.25, 0.3) is 65.4 Å². The van der Waals surface area contributed by atoms with E-state index in [-0.39, 0.29) is 0 Å². The van der Waals surface area contributed by atoms with Gasteiger partial charge in [0.05, 0.1) is 11.4 Å². The van der Waals surface area contributed by atoms with E-state index in [4.69, 9.17) is 4.42 Å². The third-order valence-corrected chi connectivity index (χ3v) is 10.9. The molecule has 55 heavy (non-hydrogen) atoms. The summed E-state index contributed by atoms with van der Waals surface area (Å²) >= 11 is 0. The molecule has 10 aromatic carbocycles. The van der Waals surface area contributed by atoms with Gasteiger partial charge in [0.2, 0.25) is 0 Å². The van der Waals surface area contributed by atoms with Crippen LogP contribution < -0.4 is 9.80 Å². The number of para-hydroxylation sites is 6. The SMILES string of the molecule is c1ccc(N(c2ccccc2)c2cc(N(c3ccccc3)c3ccccc3)c3ccc4cc(-c5cccc6c5oc5ccccc56)cc5ccc2c3c54)cc1. The van der Waals surface area contributed by atoms with Crippen LogP contribution in [0.15, 0.2) is 211 Å². The second-order valence-corrected chi connectivity index (χ2v) is 14.1. The summed E-state index contributed by atoms with van der Waals surface area (Å²) in [6.07, 6.45) is 0. The molecule has 0 radical (unpaired) electrons. The first-order chi connectivity index (χ1) is 27.3. The Morgan fingerprint density at radius 2 is 0.782 bits per heavy atom. The number of fused-ring (bicyclic) bond motifs is 3. The summed E-state index contributed by atoms with van der Waals surface area (Å²) in [5.74, 6) is 0. The lowest BCUT2D eigenvalue weighted by Gasteiger charge is -2.32. The Balaban J connectivity index is 1.24. The molecule has 1 aromatic heterocycles. The molecule has 258 valence electrons. The van der Waals surface area contributed by atoms with Gasteiger partial charge in [0.15, 0.2) is 0 Å². The molecule has 0 aliphatic rings. The van der Waals surface area contributed by atoms with E-state index in [1.807, 2.05) is 6.07 Å². The van der Waals surface area contributed by atoms with E-state index in [0.29, 0.717) is 0 Å². The number of hydrogen-bond donors (Lipinski definition) is 0.